The van der Waals surface area contributed by atoms with E-state index in [2.05, 4.69) is 15.2 Å². The number of carbonyl (C=O) groups is 1. The number of aromatic amines is 1. The van der Waals surface area contributed by atoms with Gasteiger partial charge in [-0.25, -0.2) is 4.79 Å². The van der Waals surface area contributed by atoms with Crippen LogP contribution >= 0.6 is 0 Å². The first-order chi connectivity index (χ1) is 9.75. The highest BCUT2D eigenvalue weighted by atomic mass is 16.5. The molecule has 0 spiro atoms. The van der Waals surface area contributed by atoms with Gasteiger partial charge in [0.15, 0.2) is 0 Å². The normalized spacial score (nSPS) is 12.2. The number of nitrogens with zero attached hydrogens (tertiary/aromatic N) is 2. The van der Waals surface area contributed by atoms with Gasteiger partial charge in [0.2, 0.25) is 0 Å². The number of pyridine rings is 1. The summed E-state index contributed by atoms with van der Waals surface area (Å²) in [6.07, 6.45) is 2.95. The molecule has 3 aromatic rings. The fraction of sp³-hybridized carbons (Fsp3) is 0.133. The van der Waals surface area contributed by atoms with Gasteiger partial charge in [-0.2, -0.15) is 5.10 Å². The molecular formula is C15H13N3O2. The quantitative estimate of drug-likeness (QED) is 0.741. The Morgan fingerprint density at radius 2 is 2.15 bits per heavy atom. The Morgan fingerprint density at radius 3 is 2.95 bits per heavy atom. The molecule has 5 heteroatoms. The molecule has 0 saturated heterocycles. The van der Waals surface area contributed by atoms with E-state index in [1.807, 2.05) is 24.3 Å². The lowest BCUT2D eigenvalue weighted by atomic mass is 10.1. The summed E-state index contributed by atoms with van der Waals surface area (Å²) in [6.45, 7) is 1.80. The Morgan fingerprint density at radius 1 is 1.25 bits per heavy atom. The lowest BCUT2D eigenvalue weighted by Crippen LogP contribution is -2.10. The molecule has 2 heterocycles. The third-order valence-electron chi connectivity index (χ3n) is 3.08. The minimum atomic E-state index is -0.401. The number of hydrogen-bond donors (Lipinski definition) is 1. The summed E-state index contributed by atoms with van der Waals surface area (Å²) in [7, 11) is 0. The molecule has 0 saturated carbocycles. The van der Waals surface area contributed by atoms with Crippen LogP contribution in [0.3, 0.4) is 0 Å². The van der Waals surface area contributed by atoms with E-state index in [0.717, 1.165) is 11.1 Å². The number of ether oxygens (including phenoxy) is 1. The molecule has 0 amide bonds. The van der Waals surface area contributed by atoms with Crippen molar-refractivity contribution in [3.8, 4) is 0 Å². The molecule has 0 aliphatic heterocycles. The summed E-state index contributed by atoms with van der Waals surface area (Å²) >= 11 is 0. The lowest BCUT2D eigenvalue weighted by molar-refractivity contribution is 0.0331. The van der Waals surface area contributed by atoms with Gasteiger partial charge in [0.1, 0.15) is 6.10 Å². The van der Waals surface area contributed by atoms with Crippen LogP contribution in [-0.2, 0) is 4.74 Å². The number of H-pyrrole nitrogens is 1. The SMILES string of the molecule is CC(OC(=O)c1cccc2cn[nH]c12)c1ccccn1. The lowest BCUT2D eigenvalue weighted by Gasteiger charge is -2.12. The van der Waals surface area contributed by atoms with Crippen LogP contribution < -0.4 is 0 Å². The van der Waals surface area contributed by atoms with Crippen molar-refractivity contribution in [1.29, 1.82) is 0 Å². The van der Waals surface area contributed by atoms with Gasteiger partial charge in [0, 0.05) is 11.6 Å². The van der Waals surface area contributed by atoms with Crippen LogP contribution in [0.1, 0.15) is 29.1 Å². The first-order valence-electron chi connectivity index (χ1n) is 6.29. The number of rotatable bonds is 3. The van der Waals surface area contributed by atoms with Crippen molar-refractivity contribution in [2.45, 2.75) is 13.0 Å². The number of benzene rings is 1. The molecular weight excluding hydrogens is 254 g/mol. The molecule has 0 fully saturated rings. The van der Waals surface area contributed by atoms with Gasteiger partial charge in [-0.1, -0.05) is 18.2 Å². The van der Waals surface area contributed by atoms with E-state index in [0.29, 0.717) is 11.1 Å². The number of esters is 1. The molecule has 2 aromatic heterocycles. The standard InChI is InChI=1S/C15H13N3O2/c1-10(13-7-2-3-8-16-13)20-15(19)12-6-4-5-11-9-17-18-14(11)12/h2-10H,1H3,(H,17,18). The third-order valence-corrected chi connectivity index (χ3v) is 3.08. The zero-order chi connectivity index (χ0) is 13.9. The van der Waals surface area contributed by atoms with Crippen LogP contribution in [0.2, 0.25) is 0 Å². The average molecular weight is 267 g/mol. The zero-order valence-corrected chi connectivity index (χ0v) is 10.9. The number of carbonyl (C=O) groups excluding carboxylic acids is 1. The van der Waals surface area contributed by atoms with Crippen molar-refractivity contribution in [3.63, 3.8) is 0 Å². The molecule has 0 aliphatic carbocycles. The monoisotopic (exact) mass is 267 g/mol. The molecule has 3 rings (SSSR count). The first kappa shape index (κ1) is 12.3. The maximum absolute atomic E-state index is 12.2. The van der Waals surface area contributed by atoms with Crippen LogP contribution in [0.25, 0.3) is 10.9 Å². The van der Waals surface area contributed by atoms with Gasteiger partial charge in [-0.05, 0) is 25.1 Å². The Balaban J connectivity index is 1.85. The van der Waals surface area contributed by atoms with Crippen molar-refractivity contribution in [3.05, 3.63) is 60.0 Å². The van der Waals surface area contributed by atoms with Crippen LogP contribution in [0.15, 0.2) is 48.8 Å². The van der Waals surface area contributed by atoms with E-state index < -0.39 is 12.1 Å². The molecule has 1 N–H and O–H groups in total. The zero-order valence-electron chi connectivity index (χ0n) is 10.9. The minimum absolute atomic E-state index is 0.391. The summed E-state index contributed by atoms with van der Waals surface area (Å²) in [5.74, 6) is -0.391. The van der Waals surface area contributed by atoms with Gasteiger partial charge in [0.25, 0.3) is 0 Å². The number of fused-ring (bicyclic) bond motifs is 1. The van der Waals surface area contributed by atoms with Gasteiger partial charge >= 0.3 is 5.97 Å². The van der Waals surface area contributed by atoms with E-state index in [4.69, 9.17) is 4.74 Å². The highest BCUT2D eigenvalue weighted by Gasteiger charge is 2.17. The second-order valence-electron chi connectivity index (χ2n) is 4.44. The molecule has 1 unspecified atom stereocenters. The smallest absolute Gasteiger partial charge is 0.340 e. The Kier molecular flexibility index (Phi) is 3.16. The largest absolute Gasteiger partial charge is 0.452 e. The first-order valence-corrected chi connectivity index (χ1v) is 6.29. The van der Waals surface area contributed by atoms with Crippen molar-refractivity contribution in [2.75, 3.05) is 0 Å². The fourth-order valence-electron chi connectivity index (χ4n) is 2.04. The van der Waals surface area contributed by atoms with Crippen LogP contribution in [0.5, 0.6) is 0 Å². The number of hydrogen-bond acceptors (Lipinski definition) is 4. The second kappa shape index (κ2) is 5.13. The third kappa shape index (κ3) is 2.25. The maximum Gasteiger partial charge on any atom is 0.340 e. The summed E-state index contributed by atoms with van der Waals surface area (Å²) in [5, 5.41) is 7.63. The van der Waals surface area contributed by atoms with Crippen molar-refractivity contribution in [1.82, 2.24) is 15.2 Å². The van der Waals surface area contributed by atoms with E-state index >= 15 is 0 Å². The van der Waals surface area contributed by atoms with Crippen LogP contribution in [0, 0.1) is 0 Å². The van der Waals surface area contributed by atoms with Crippen molar-refractivity contribution < 1.29 is 9.53 Å². The van der Waals surface area contributed by atoms with Gasteiger partial charge in [-0.3, -0.25) is 10.1 Å². The predicted molar refractivity (Wildman–Crippen MR) is 74.2 cm³/mol. The molecule has 20 heavy (non-hydrogen) atoms. The maximum atomic E-state index is 12.2. The molecule has 1 atom stereocenters. The molecule has 0 aliphatic rings. The molecule has 5 nitrogen and oxygen atoms in total. The van der Waals surface area contributed by atoms with Crippen LogP contribution in [-0.4, -0.2) is 21.2 Å². The van der Waals surface area contributed by atoms with Gasteiger partial charge < -0.3 is 4.74 Å². The van der Waals surface area contributed by atoms with E-state index in [1.165, 1.54) is 0 Å². The highest BCUT2D eigenvalue weighted by Crippen LogP contribution is 2.20. The summed E-state index contributed by atoms with van der Waals surface area (Å²) in [5.41, 5.74) is 1.88. The van der Waals surface area contributed by atoms with Gasteiger partial charge in [-0.15, -0.1) is 0 Å². The fourth-order valence-corrected chi connectivity index (χ4v) is 2.04. The summed E-state index contributed by atoms with van der Waals surface area (Å²) in [6, 6.07) is 10.9. The number of para-hydroxylation sites is 1. The Bertz CT molecular complexity index is 737. The number of nitrogens with one attached hydrogen (secondary N) is 1. The number of aromatic nitrogens is 3. The summed E-state index contributed by atoms with van der Waals surface area (Å²) in [4.78, 5) is 16.4. The van der Waals surface area contributed by atoms with Crippen molar-refractivity contribution in [2.24, 2.45) is 0 Å². The molecule has 1 aromatic carbocycles. The Hall–Kier alpha value is -2.69. The minimum Gasteiger partial charge on any atom is -0.452 e. The van der Waals surface area contributed by atoms with E-state index in [9.17, 15) is 4.79 Å². The Labute approximate surface area is 115 Å². The van der Waals surface area contributed by atoms with Crippen LogP contribution in [0.4, 0.5) is 0 Å². The molecule has 0 bridgehead atoms. The van der Waals surface area contributed by atoms with Gasteiger partial charge in [0.05, 0.1) is 23.0 Å². The molecule has 0 radical (unpaired) electrons. The highest BCUT2D eigenvalue weighted by molar-refractivity contribution is 6.02. The van der Waals surface area contributed by atoms with E-state index in [-0.39, 0.29) is 0 Å². The van der Waals surface area contributed by atoms with E-state index in [1.54, 1.807) is 31.5 Å². The summed E-state index contributed by atoms with van der Waals surface area (Å²) < 4.78 is 5.45. The molecule has 100 valence electrons. The second-order valence-corrected chi connectivity index (χ2v) is 4.44. The van der Waals surface area contributed by atoms with Crippen molar-refractivity contribution >= 4 is 16.9 Å². The average Bonchev–Trinajstić information content (AvgIpc) is 2.96. The predicted octanol–water partition coefficient (Wildman–Crippen LogP) is 2.88. The topological polar surface area (TPSA) is 67.9 Å².